The second-order valence-corrected chi connectivity index (χ2v) is 7.48. The SMILES string of the molecule is CCCCC(c1ccc(OCc2ccccc2)c(OC)c1)N1CCCNCC1. The van der Waals surface area contributed by atoms with Crippen molar-refractivity contribution < 1.29 is 9.47 Å². The van der Waals surface area contributed by atoms with Crippen molar-refractivity contribution >= 4 is 0 Å². The van der Waals surface area contributed by atoms with E-state index >= 15 is 0 Å². The van der Waals surface area contributed by atoms with Crippen molar-refractivity contribution in [2.45, 2.75) is 45.3 Å². The van der Waals surface area contributed by atoms with Crippen LogP contribution in [-0.2, 0) is 6.61 Å². The first-order valence-electron chi connectivity index (χ1n) is 10.6. The molecule has 28 heavy (non-hydrogen) atoms. The molecule has 1 fully saturated rings. The van der Waals surface area contributed by atoms with Gasteiger partial charge in [0.15, 0.2) is 11.5 Å². The summed E-state index contributed by atoms with van der Waals surface area (Å²) < 4.78 is 11.7. The molecule has 1 unspecified atom stereocenters. The Morgan fingerprint density at radius 3 is 2.68 bits per heavy atom. The van der Waals surface area contributed by atoms with Gasteiger partial charge >= 0.3 is 0 Å². The average Bonchev–Trinajstić information content (AvgIpc) is 3.03. The monoisotopic (exact) mass is 382 g/mol. The van der Waals surface area contributed by atoms with Crippen LogP contribution in [0.4, 0.5) is 0 Å². The molecule has 1 heterocycles. The van der Waals surface area contributed by atoms with E-state index in [1.54, 1.807) is 7.11 Å². The Kier molecular flexibility index (Phi) is 8.19. The molecular weight excluding hydrogens is 348 g/mol. The maximum absolute atomic E-state index is 6.05. The van der Waals surface area contributed by atoms with Crippen LogP contribution in [0, 0.1) is 0 Å². The van der Waals surface area contributed by atoms with Gasteiger partial charge in [-0.3, -0.25) is 4.90 Å². The van der Waals surface area contributed by atoms with Gasteiger partial charge in [0.1, 0.15) is 6.61 Å². The Hall–Kier alpha value is -2.04. The molecule has 0 aliphatic carbocycles. The number of unbranched alkanes of at least 4 members (excludes halogenated alkanes) is 1. The predicted octanol–water partition coefficient (Wildman–Crippen LogP) is 4.80. The van der Waals surface area contributed by atoms with Crippen LogP contribution < -0.4 is 14.8 Å². The molecule has 1 N–H and O–H groups in total. The molecule has 1 saturated heterocycles. The molecule has 0 spiro atoms. The van der Waals surface area contributed by atoms with Crippen LogP contribution >= 0.6 is 0 Å². The summed E-state index contributed by atoms with van der Waals surface area (Å²) in [7, 11) is 1.73. The molecule has 1 atom stereocenters. The number of ether oxygens (including phenoxy) is 2. The van der Waals surface area contributed by atoms with E-state index in [0.717, 1.165) is 43.2 Å². The van der Waals surface area contributed by atoms with E-state index in [2.05, 4.69) is 47.5 Å². The van der Waals surface area contributed by atoms with Crippen LogP contribution in [0.25, 0.3) is 0 Å². The van der Waals surface area contributed by atoms with E-state index in [9.17, 15) is 0 Å². The number of nitrogens with zero attached hydrogens (tertiary/aromatic N) is 1. The summed E-state index contributed by atoms with van der Waals surface area (Å²) >= 11 is 0. The Bertz CT molecular complexity index is 697. The second-order valence-electron chi connectivity index (χ2n) is 7.48. The average molecular weight is 383 g/mol. The number of methoxy groups -OCH3 is 1. The Morgan fingerprint density at radius 1 is 1.04 bits per heavy atom. The van der Waals surface area contributed by atoms with E-state index < -0.39 is 0 Å². The molecule has 1 aliphatic heterocycles. The van der Waals surface area contributed by atoms with Gasteiger partial charge < -0.3 is 14.8 Å². The maximum Gasteiger partial charge on any atom is 0.161 e. The lowest BCUT2D eigenvalue weighted by Crippen LogP contribution is -2.32. The van der Waals surface area contributed by atoms with E-state index in [0.29, 0.717) is 12.6 Å². The fraction of sp³-hybridized carbons (Fsp3) is 0.500. The third-order valence-electron chi connectivity index (χ3n) is 5.46. The van der Waals surface area contributed by atoms with Gasteiger partial charge in [0, 0.05) is 25.7 Å². The molecule has 4 nitrogen and oxygen atoms in total. The molecule has 2 aromatic rings. The molecule has 2 aromatic carbocycles. The summed E-state index contributed by atoms with van der Waals surface area (Å²) in [6.07, 6.45) is 4.85. The first kappa shape index (κ1) is 20.7. The number of hydrogen-bond donors (Lipinski definition) is 1. The van der Waals surface area contributed by atoms with E-state index in [-0.39, 0.29) is 0 Å². The summed E-state index contributed by atoms with van der Waals surface area (Å²) in [5.41, 5.74) is 2.49. The van der Waals surface area contributed by atoms with Crippen molar-refractivity contribution in [2.75, 3.05) is 33.3 Å². The van der Waals surface area contributed by atoms with Crippen molar-refractivity contribution in [3.05, 3.63) is 59.7 Å². The number of benzene rings is 2. The fourth-order valence-electron chi connectivity index (χ4n) is 3.88. The Labute approximate surface area is 169 Å². The van der Waals surface area contributed by atoms with Crippen LogP contribution in [0.5, 0.6) is 11.5 Å². The highest BCUT2D eigenvalue weighted by Gasteiger charge is 2.22. The topological polar surface area (TPSA) is 33.7 Å². The molecular formula is C24H34N2O2. The standard InChI is InChI=1S/C24H34N2O2/c1-3-4-11-22(26-16-8-14-25-15-17-26)21-12-13-23(24(18-21)27-2)28-19-20-9-6-5-7-10-20/h5-7,9-10,12-13,18,22,25H,3-4,8,11,14-17,19H2,1-2H3. The summed E-state index contributed by atoms with van der Waals surface area (Å²) in [5, 5.41) is 3.52. The first-order chi connectivity index (χ1) is 13.8. The Morgan fingerprint density at radius 2 is 1.89 bits per heavy atom. The van der Waals surface area contributed by atoms with Gasteiger partial charge in [-0.05, 0) is 42.6 Å². The fourth-order valence-corrected chi connectivity index (χ4v) is 3.88. The highest BCUT2D eigenvalue weighted by Crippen LogP contribution is 2.35. The maximum atomic E-state index is 6.05. The lowest BCUT2D eigenvalue weighted by atomic mass is 9.98. The van der Waals surface area contributed by atoms with E-state index in [4.69, 9.17) is 9.47 Å². The van der Waals surface area contributed by atoms with Gasteiger partial charge in [-0.15, -0.1) is 0 Å². The normalized spacial score (nSPS) is 16.4. The van der Waals surface area contributed by atoms with Crippen molar-refractivity contribution in [3.63, 3.8) is 0 Å². The van der Waals surface area contributed by atoms with Crippen molar-refractivity contribution in [1.82, 2.24) is 10.2 Å². The van der Waals surface area contributed by atoms with Crippen LogP contribution in [0.1, 0.15) is 49.8 Å². The van der Waals surface area contributed by atoms with Crippen molar-refractivity contribution in [2.24, 2.45) is 0 Å². The third-order valence-corrected chi connectivity index (χ3v) is 5.46. The molecule has 152 valence electrons. The van der Waals surface area contributed by atoms with Gasteiger partial charge in [0.25, 0.3) is 0 Å². The smallest absolute Gasteiger partial charge is 0.161 e. The van der Waals surface area contributed by atoms with Crippen LogP contribution in [0.3, 0.4) is 0 Å². The minimum absolute atomic E-state index is 0.442. The minimum atomic E-state index is 0.442. The molecule has 1 aliphatic rings. The van der Waals surface area contributed by atoms with E-state index in [1.165, 1.54) is 31.2 Å². The zero-order chi connectivity index (χ0) is 19.6. The molecule has 4 heteroatoms. The van der Waals surface area contributed by atoms with Gasteiger partial charge in [0.05, 0.1) is 7.11 Å². The van der Waals surface area contributed by atoms with Gasteiger partial charge in [-0.2, -0.15) is 0 Å². The lowest BCUT2D eigenvalue weighted by Gasteiger charge is -2.31. The second kappa shape index (κ2) is 11.1. The summed E-state index contributed by atoms with van der Waals surface area (Å²) in [5.74, 6) is 1.63. The predicted molar refractivity (Wildman–Crippen MR) is 115 cm³/mol. The largest absolute Gasteiger partial charge is 0.493 e. The van der Waals surface area contributed by atoms with Gasteiger partial charge in [-0.1, -0.05) is 56.2 Å². The molecule has 0 bridgehead atoms. The molecule has 3 rings (SSSR count). The summed E-state index contributed by atoms with van der Waals surface area (Å²) in [6.45, 7) is 7.25. The summed E-state index contributed by atoms with van der Waals surface area (Å²) in [6, 6.07) is 17.2. The first-order valence-corrected chi connectivity index (χ1v) is 10.6. The number of nitrogens with one attached hydrogen (secondary N) is 1. The number of rotatable bonds is 9. The van der Waals surface area contributed by atoms with Crippen LogP contribution in [0.15, 0.2) is 48.5 Å². The third kappa shape index (κ3) is 5.73. The highest BCUT2D eigenvalue weighted by molar-refractivity contribution is 5.44. The summed E-state index contributed by atoms with van der Waals surface area (Å²) in [4.78, 5) is 2.63. The highest BCUT2D eigenvalue weighted by atomic mass is 16.5. The van der Waals surface area contributed by atoms with Crippen molar-refractivity contribution in [1.29, 1.82) is 0 Å². The zero-order valence-electron chi connectivity index (χ0n) is 17.3. The van der Waals surface area contributed by atoms with Crippen LogP contribution in [0.2, 0.25) is 0 Å². The molecule has 0 radical (unpaired) electrons. The van der Waals surface area contributed by atoms with Crippen LogP contribution in [-0.4, -0.2) is 38.2 Å². The minimum Gasteiger partial charge on any atom is -0.493 e. The van der Waals surface area contributed by atoms with Gasteiger partial charge in [0.2, 0.25) is 0 Å². The van der Waals surface area contributed by atoms with E-state index in [1.807, 2.05) is 18.2 Å². The Balaban J connectivity index is 1.76. The molecule has 0 aromatic heterocycles. The lowest BCUT2D eigenvalue weighted by molar-refractivity contribution is 0.196. The zero-order valence-corrected chi connectivity index (χ0v) is 17.3. The quantitative estimate of drug-likeness (QED) is 0.675. The number of hydrogen-bond acceptors (Lipinski definition) is 4. The molecule has 0 amide bonds. The molecule has 0 saturated carbocycles. The van der Waals surface area contributed by atoms with Gasteiger partial charge in [-0.25, -0.2) is 0 Å². The van der Waals surface area contributed by atoms with Crippen molar-refractivity contribution in [3.8, 4) is 11.5 Å².